The molecule has 1 aliphatic heterocycles. The van der Waals surface area contributed by atoms with Crippen molar-refractivity contribution in [2.45, 2.75) is 23.1 Å². The van der Waals surface area contributed by atoms with E-state index in [2.05, 4.69) is 41.7 Å². The highest BCUT2D eigenvalue weighted by Crippen LogP contribution is 2.36. The average Bonchev–Trinajstić information content (AvgIpc) is 2.90. The fourth-order valence-electron chi connectivity index (χ4n) is 2.50. The van der Waals surface area contributed by atoms with E-state index in [1.54, 1.807) is 0 Å². The summed E-state index contributed by atoms with van der Waals surface area (Å²) in [5, 5.41) is 13.0. The van der Waals surface area contributed by atoms with Gasteiger partial charge in [-0.2, -0.15) is 5.26 Å². The summed E-state index contributed by atoms with van der Waals surface area (Å²) in [7, 11) is 0. The van der Waals surface area contributed by atoms with Crippen LogP contribution in [0, 0.1) is 11.3 Å². The second kappa shape index (κ2) is 6.13. The Hall–Kier alpha value is -1.76. The molecule has 0 radical (unpaired) electrons. The van der Waals surface area contributed by atoms with Crippen molar-refractivity contribution in [3.8, 4) is 6.07 Å². The minimum Gasteiger partial charge on any atom is -0.312 e. The first kappa shape index (κ1) is 13.2. The number of nitriles is 1. The van der Waals surface area contributed by atoms with Crippen LogP contribution in [-0.2, 0) is 13.0 Å². The first-order valence-electron chi connectivity index (χ1n) is 6.79. The maximum atomic E-state index is 8.89. The van der Waals surface area contributed by atoms with Crippen LogP contribution < -0.4 is 5.32 Å². The van der Waals surface area contributed by atoms with Crippen molar-refractivity contribution in [2.24, 2.45) is 0 Å². The zero-order chi connectivity index (χ0) is 13.8. The maximum Gasteiger partial charge on any atom is 0.0991 e. The smallest absolute Gasteiger partial charge is 0.0991 e. The molecule has 1 heterocycles. The Morgan fingerprint density at radius 3 is 2.95 bits per heavy atom. The lowest BCUT2D eigenvalue weighted by molar-refractivity contribution is 0.665. The summed E-state index contributed by atoms with van der Waals surface area (Å²) in [5.41, 5.74) is 3.37. The van der Waals surface area contributed by atoms with Gasteiger partial charge >= 0.3 is 0 Å². The van der Waals surface area contributed by atoms with Gasteiger partial charge < -0.3 is 5.32 Å². The van der Waals surface area contributed by atoms with Crippen molar-refractivity contribution >= 4 is 11.8 Å². The Bertz CT molecular complexity index is 620. The van der Waals surface area contributed by atoms with Crippen LogP contribution in [0.4, 0.5) is 0 Å². The van der Waals surface area contributed by atoms with Gasteiger partial charge in [0.1, 0.15) is 0 Å². The summed E-state index contributed by atoms with van der Waals surface area (Å²) in [5.74, 6) is 0. The van der Waals surface area contributed by atoms with E-state index in [9.17, 15) is 0 Å². The maximum absolute atomic E-state index is 8.89. The molecule has 20 heavy (non-hydrogen) atoms. The molecule has 0 fully saturated rings. The van der Waals surface area contributed by atoms with E-state index >= 15 is 0 Å². The molecule has 2 aromatic rings. The molecule has 1 aliphatic rings. The molecule has 2 aromatic carbocycles. The molecular formula is C17H16N2S. The minimum absolute atomic E-state index is 0.617. The van der Waals surface area contributed by atoms with Crippen molar-refractivity contribution < 1.29 is 0 Å². The van der Waals surface area contributed by atoms with Crippen molar-refractivity contribution in [3.63, 3.8) is 0 Å². The third-order valence-corrected chi connectivity index (χ3v) is 4.79. The van der Waals surface area contributed by atoms with E-state index in [-0.39, 0.29) is 0 Å². The summed E-state index contributed by atoms with van der Waals surface area (Å²) in [4.78, 5) is 1.42. The van der Waals surface area contributed by atoms with E-state index < -0.39 is 0 Å². The fourth-order valence-corrected chi connectivity index (χ4v) is 3.78. The molecule has 1 unspecified atom stereocenters. The molecule has 0 saturated heterocycles. The van der Waals surface area contributed by atoms with Crippen LogP contribution in [0.1, 0.15) is 16.7 Å². The molecular weight excluding hydrogens is 264 g/mol. The molecule has 2 nitrogen and oxygen atoms in total. The minimum atomic E-state index is 0.617. The molecule has 0 aromatic heterocycles. The number of nitrogens with one attached hydrogen (secondary N) is 1. The predicted octanol–water partition coefficient (Wildman–Crippen LogP) is 3.36. The van der Waals surface area contributed by atoms with Crippen molar-refractivity contribution in [1.29, 1.82) is 5.26 Å². The van der Waals surface area contributed by atoms with Gasteiger partial charge in [0.2, 0.25) is 0 Å². The Morgan fingerprint density at radius 1 is 1.20 bits per heavy atom. The highest BCUT2D eigenvalue weighted by atomic mass is 32.2. The molecule has 3 rings (SSSR count). The van der Waals surface area contributed by atoms with Gasteiger partial charge in [-0.1, -0.05) is 30.3 Å². The van der Waals surface area contributed by atoms with Crippen LogP contribution in [0.25, 0.3) is 0 Å². The molecule has 0 spiro atoms. The highest BCUT2D eigenvalue weighted by Gasteiger charge is 2.20. The quantitative estimate of drug-likeness (QED) is 0.932. The number of hydrogen-bond acceptors (Lipinski definition) is 3. The van der Waals surface area contributed by atoms with Gasteiger partial charge in [0.25, 0.3) is 0 Å². The van der Waals surface area contributed by atoms with Crippen LogP contribution in [0.15, 0.2) is 53.4 Å². The number of hydrogen-bond donors (Lipinski definition) is 1. The van der Waals surface area contributed by atoms with E-state index in [1.165, 1.54) is 16.0 Å². The van der Waals surface area contributed by atoms with Crippen molar-refractivity contribution in [3.05, 3.63) is 65.2 Å². The summed E-state index contributed by atoms with van der Waals surface area (Å²) in [6.07, 6.45) is 1.14. The van der Waals surface area contributed by atoms with Crippen molar-refractivity contribution in [2.75, 3.05) is 6.54 Å². The number of benzene rings is 2. The standard InChI is InChI=1S/C17H16N2S/c18-10-13-4-3-5-14(8-13)11-19-12-16-9-15-6-1-2-7-17(15)20-16/h1-8,16,19H,9,11-12H2. The zero-order valence-electron chi connectivity index (χ0n) is 11.2. The third kappa shape index (κ3) is 3.04. The topological polar surface area (TPSA) is 35.8 Å². The van der Waals surface area contributed by atoms with E-state index in [0.29, 0.717) is 5.25 Å². The lowest BCUT2D eigenvalue weighted by atomic mass is 10.1. The van der Waals surface area contributed by atoms with E-state index in [1.807, 2.05) is 30.0 Å². The SMILES string of the molecule is N#Cc1cccc(CNCC2Cc3ccccc3S2)c1. The third-order valence-electron chi connectivity index (χ3n) is 3.47. The Balaban J connectivity index is 1.51. The molecule has 0 aliphatic carbocycles. The molecule has 1 atom stereocenters. The molecule has 0 amide bonds. The Morgan fingerprint density at radius 2 is 2.10 bits per heavy atom. The number of rotatable bonds is 4. The number of nitrogens with zero attached hydrogens (tertiary/aromatic N) is 1. The van der Waals surface area contributed by atoms with Gasteiger partial charge in [0, 0.05) is 23.2 Å². The van der Waals surface area contributed by atoms with Crippen LogP contribution in [-0.4, -0.2) is 11.8 Å². The first-order chi connectivity index (χ1) is 9.85. The van der Waals surface area contributed by atoms with Gasteiger partial charge in [-0.15, -0.1) is 11.8 Å². The van der Waals surface area contributed by atoms with Crippen LogP contribution >= 0.6 is 11.8 Å². The summed E-state index contributed by atoms with van der Waals surface area (Å²) in [6, 6.07) is 18.6. The second-order valence-corrected chi connectivity index (χ2v) is 6.34. The van der Waals surface area contributed by atoms with Crippen LogP contribution in [0.5, 0.6) is 0 Å². The molecule has 3 heteroatoms. The van der Waals surface area contributed by atoms with E-state index in [0.717, 1.165) is 25.1 Å². The van der Waals surface area contributed by atoms with Gasteiger partial charge in [-0.3, -0.25) is 0 Å². The van der Waals surface area contributed by atoms with Crippen LogP contribution in [0.2, 0.25) is 0 Å². The Kier molecular flexibility index (Phi) is 4.05. The van der Waals surface area contributed by atoms with Gasteiger partial charge in [0.05, 0.1) is 11.6 Å². The monoisotopic (exact) mass is 280 g/mol. The first-order valence-corrected chi connectivity index (χ1v) is 7.67. The number of thioether (sulfide) groups is 1. The summed E-state index contributed by atoms with van der Waals surface area (Å²) >= 11 is 1.96. The number of fused-ring (bicyclic) bond motifs is 1. The lowest BCUT2D eigenvalue weighted by Gasteiger charge is -2.10. The predicted molar refractivity (Wildman–Crippen MR) is 82.7 cm³/mol. The van der Waals surface area contributed by atoms with E-state index in [4.69, 9.17) is 5.26 Å². The van der Waals surface area contributed by atoms with Crippen molar-refractivity contribution in [1.82, 2.24) is 5.32 Å². The average molecular weight is 280 g/mol. The summed E-state index contributed by atoms with van der Waals surface area (Å²) in [6.45, 7) is 1.82. The van der Waals surface area contributed by atoms with Gasteiger partial charge in [0.15, 0.2) is 0 Å². The Labute approximate surface area is 123 Å². The highest BCUT2D eigenvalue weighted by molar-refractivity contribution is 8.00. The second-order valence-electron chi connectivity index (χ2n) is 4.99. The largest absolute Gasteiger partial charge is 0.312 e. The fraction of sp³-hybridized carbons (Fsp3) is 0.235. The van der Waals surface area contributed by atoms with Gasteiger partial charge in [-0.25, -0.2) is 0 Å². The molecule has 0 bridgehead atoms. The summed E-state index contributed by atoms with van der Waals surface area (Å²) < 4.78 is 0. The normalized spacial score (nSPS) is 16.6. The van der Waals surface area contributed by atoms with Gasteiger partial charge in [-0.05, 0) is 35.7 Å². The van der Waals surface area contributed by atoms with Crippen LogP contribution in [0.3, 0.4) is 0 Å². The molecule has 100 valence electrons. The lowest BCUT2D eigenvalue weighted by Crippen LogP contribution is -2.24. The molecule has 0 saturated carbocycles. The zero-order valence-corrected chi connectivity index (χ0v) is 12.0. The molecule has 1 N–H and O–H groups in total.